The van der Waals surface area contributed by atoms with Crippen LogP contribution >= 0.6 is 0 Å². The number of furan rings is 1. The zero-order chi connectivity index (χ0) is 14.7. The highest BCUT2D eigenvalue weighted by Crippen LogP contribution is 2.26. The fourth-order valence-corrected chi connectivity index (χ4v) is 3.26. The monoisotopic (exact) mass is 284 g/mol. The number of rotatable bonds is 4. The highest BCUT2D eigenvalue weighted by Gasteiger charge is 2.28. The van der Waals surface area contributed by atoms with Gasteiger partial charge in [-0.3, -0.25) is 0 Å². The zero-order valence-electron chi connectivity index (χ0n) is 12.8. The SMILES string of the molecule is CC1CN(C)CCC1NC(c1ccccc1)c1ccco1. The number of hydrogen-bond acceptors (Lipinski definition) is 3. The number of nitrogens with zero attached hydrogens (tertiary/aromatic N) is 1. The topological polar surface area (TPSA) is 28.4 Å². The van der Waals surface area contributed by atoms with E-state index < -0.39 is 0 Å². The van der Waals surface area contributed by atoms with Gasteiger partial charge in [0.05, 0.1) is 12.3 Å². The summed E-state index contributed by atoms with van der Waals surface area (Å²) in [5.74, 6) is 1.64. The quantitative estimate of drug-likeness (QED) is 0.934. The highest BCUT2D eigenvalue weighted by atomic mass is 16.3. The standard InChI is InChI=1S/C18H24N2O/c1-14-13-20(2)11-10-16(14)19-18(17-9-6-12-21-17)15-7-4-3-5-8-15/h3-9,12,14,16,18-19H,10-11,13H2,1-2H3. The van der Waals surface area contributed by atoms with Crippen molar-refractivity contribution in [3.8, 4) is 0 Å². The first kappa shape index (κ1) is 14.4. The first-order valence-electron chi connectivity index (χ1n) is 7.77. The summed E-state index contributed by atoms with van der Waals surface area (Å²) in [7, 11) is 2.20. The Labute approximate surface area is 127 Å². The summed E-state index contributed by atoms with van der Waals surface area (Å²) >= 11 is 0. The molecule has 2 aromatic rings. The Bertz CT molecular complexity index is 538. The second-order valence-electron chi connectivity index (χ2n) is 6.16. The fourth-order valence-electron chi connectivity index (χ4n) is 3.26. The van der Waals surface area contributed by atoms with Gasteiger partial charge in [0.15, 0.2) is 0 Å². The van der Waals surface area contributed by atoms with E-state index >= 15 is 0 Å². The molecule has 0 saturated carbocycles. The van der Waals surface area contributed by atoms with Crippen LogP contribution < -0.4 is 5.32 Å². The van der Waals surface area contributed by atoms with Gasteiger partial charge < -0.3 is 14.6 Å². The van der Waals surface area contributed by atoms with Crippen molar-refractivity contribution < 1.29 is 4.42 Å². The minimum Gasteiger partial charge on any atom is -0.467 e. The Morgan fingerprint density at radius 1 is 1.19 bits per heavy atom. The van der Waals surface area contributed by atoms with E-state index in [1.54, 1.807) is 6.26 Å². The van der Waals surface area contributed by atoms with Crippen molar-refractivity contribution in [1.29, 1.82) is 0 Å². The van der Waals surface area contributed by atoms with Crippen molar-refractivity contribution >= 4 is 0 Å². The lowest BCUT2D eigenvalue weighted by atomic mass is 9.92. The van der Waals surface area contributed by atoms with E-state index in [2.05, 4.69) is 60.6 Å². The maximum absolute atomic E-state index is 5.68. The summed E-state index contributed by atoms with van der Waals surface area (Å²) in [5.41, 5.74) is 1.26. The van der Waals surface area contributed by atoms with Crippen molar-refractivity contribution in [3.63, 3.8) is 0 Å². The first-order valence-corrected chi connectivity index (χ1v) is 7.77. The van der Waals surface area contributed by atoms with Crippen LogP contribution in [0.2, 0.25) is 0 Å². The smallest absolute Gasteiger partial charge is 0.125 e. The molecule has 1 aromatic heterocycles. The summed E-state index contributed by atoms with van der Waals surface area (Å²) in [5, 5.41) is 3.82. The van der Waals surface area contributed by atoms with Crippen LogP contribution in [0.5, 0.6) is 0 Å². The molecule has 3 heteroatoms. The van der Waals surface area contributed by atoms with E-state index in [-0.39, 0.29) is 6.04 Å². The third kappa shape index (κ3) is 3.36. The number of benzene rings is 1. The molecule has 3 nitrogen and oxygen atoms in total. The van der Waals surface area contributed by atoms with E-state index in [1.165, 1.54) is 12.0 Å². The number of piperidine rings is 1. The largest absolute Gasteiger partial charge is 0.467 e. The third-order valence-corrected chi connectivity index (χ3v) is 4.45. The number of likely N-dealkylation sites (tertiary alicyclic amines) is 1. The van der Waals surface area contributed by atoms with Gasteiger partial charge >= 0.3 is 0 Å². The van der Waals surface area contributed by atoms with Gasteiger partial charge in [-0.2, -0.15) is 0 Å². The normalized spacial score (nSPS) is 24.9. The molecule has 3 rings (SSSR count). The highest BCUT2D eigenvalue weighted by molar-refractivity contribution is 5.26. The maximum atomic E-state index is 5.68. The van der Waals surface area contributed by atoms with E-state index in [0.717, 1.165) is 18.8 Å². The molecule has 0 amide bonds. The molecule has 0 spiro atoms. The summed E-state index contributed by atoms with van der Waals surface area (Å²) in [6, 6.07) is 15.2. The van der Waals surface area contributed by atoms with Crippen LogP contribution in [-0.2, 0) is 0 Å². The van der Waals surface area contributed by atoms with Gasteiger partial charge in [-0.15, -0.1) is 0 Å². The summed E-state index contributed by atoms with van der Waals surface area (Å²) in [6.45, 7) is 4.64. The molecule has 21 heavy (non-hydrogen) atoms. The molecular formula is C18H24N2O. The molecule has 1 aromatic carbocycles. The fraction of sp³-hybridized carbons (Fsp3) is 0.444. The first-order chi connectivity index (χ1) is 10.2. The van der Waals surface area contributed by atoms with Gasteiger partial charge in [-0.25, -0.2) is 0 Å². The Balaban J connectivity index is 1.80. The van der Waals surface area contributed by atoms with Crippen LogP contribution in [0.15, 0.2) is 53.1 Å². The van der Waals surface area contributed by atoms with Gasteiger partial charge in [-0.1, -0.05) is 37.3 Å². The molecule has 2 heterocycles. The molecule has 3 atom stereocenters. The molecule has 112 valence electrons. The van der Waals surface area contributed by atoms with Crippen molar-refractivity contribution in [1.82, 2.24) is 10.2 Å². The molecule has 0 aliphatic carbocycles. The van der Waals surface area contributed by atoms with Crippen LogP contribution in [-0.4, -0.2) is 31.1 Å². The van der Waals surface area contributed by atoms with Gasteiger partial charge in [-0.05, 0) is 43.6 Å². The predicted molar refractivity (Wildman–Crippen MR) is 85.2 cm³/mol. The molecule has 3 unspecified atom stereocenters. The van der Waals surface area contributed by atoms with Crippen LogP contribution in [0.4, 0.5) is 0 Å². The summed E-state index contributed by atoms with van der Waals surface area (Å²) in [4.78, 5) is 2.41. The van der Waals surface area contributed by atoms with E-state index in [4.69, 9.17) is 4.42 Å². The molecule has 1 saturated heterocycles. The van der Waals surface area contributed by atoms with Crippen LogP contribution in [0.1, 0.15) is 30.7 Å². The zero-order valence-corrected chi connectivity index (χ0v) is 12.8. The molecule has 1 aliphatic rings. The Kier molecular flexibility index (Phi) is 4.42. The van der Waals surface area contributed by atoms with Crippen molar-refractivity contribution in [3.05, 3.63) is 60.1 Å². The average Bonchev–Trinajstić information content (AvgIpc) is 3.01. The molecule has 1 aliphatic heterocycles. The predicted octanol–water partition coefficient (Wildman–Crippen LogP) is 3.30. The number of nitrogens with one attached hydrogen (secondary N) is 1. The molecular weight excluding hydrogens is 260 g/mol. The third-order valence-electron chi connectivity index (χ3n) is 4.45. The van der Waals surface area contributed by atoms with Crippen LogP contribution in [0, 0.1) is 5.92 Å². The van der Waals surface area contributed by atoms with Crippen molar-refractivity contribution in [2.24, 2.45) is 5.92 Å². The van der Waals surface area contributed by atoms with E-state index in [0.29, 0.717) is 12.0 Å². The van der Waals surface area contributed by atoms with Crippen molar-refractivity contribution in [2.75, 3.05) is 20.1 Å². The average molecular weight is 284 g/mol. The van der Waals surface area contributed by atoms with Crippen LogP contribution in [0.25, 0.3) is 0 Å². The van der Waals surface area contributed by atoms with Crippen LogP contribution in [0.3, 0.4) is 0 Å². The summed E-state index contributed by atoms with van der Waals surface area (Å²) < 4.78 is 5.68. The van der Waals surface area contributed by atoms with Crippen molar-refractivity contribution in [2.45, 2.75) is 25.4 Å². The number of hydrogen-bond donors (Lipinski definition) is 1. The lowest BCUT2D eigenvalue weighted by Crippen LogP contribution is -2.48. The molecule has 1 fully saturated rings. The molecule has 1 N–H and O–H groups in total. The van der Waals surface area contributed by atoms with Gasteiger partial charge in [0.25, 0.3) is 0 Å². The second-order valence-corrected chi connectivity index (χ2v) is 6.16. The van der Waals surface area contributed by atoms with Gasteiger partial charge in [0.2, 0.25) is 0 Å². The minimum absolute atomic E-state index is 0.136. The maximum Gasteiger partial charge on any atom is 0.125 e. The Hall–Kier alpha value is -1.58. The lowest BCUT2D eigenvalue weighted by Gasteiger charge is -2.37. The second kappa shape index (κ2) is 6.46. The van der Waals surface area contributed by atoms with Gasteiger partial charge in [0, 0.05) is 12.6 Å². The van der Waals surface area contributed by atoms with E-state index in [1.807, 2.05) is 6.07 Å². The summed E-state index contributed by atoms with van der Waals surface area (Å²) in [6.07, 6.45) is 2.94. The van der Waals surface area contributed by atoms with Gasteiger partial charge in [0.1, 0.15) is 5.76 Å². The molecule has 0 radical (unpaired) electrons. The minimum atomic E-state index is 0.136. The lowest BCUT2D eigenvalue weighted by molar-refractivity contribution is 0.167. The Morgan fingerprint density at radius 3 is 2.67 bits per heavy atom. The Morgan fingerprint density at radius 2 is 2.00 bits per heavy atom. The molecule has 0 bridgehead atoms. The van der Waals surface area contributed by atoms with E-state index in [9.17, 15) is 0 Å².